The largest absolute Gasteiger partial charge is 0.396 e. The number of hydrogen-bond acceptors (Lipinski definition) is 2. The molecule has 0 aromatic heterocycles. The second kappa shape index (κ2) is 11.3. The van der Waals surface area contributed by atoms with Crippen molar-refractivity contribution in [3.63, 3.8) is 0 Å². The summed E-state index contributed by atoms with van der Waals surface area (Å²) >= 11 is 0. The van der Waals surface area contributed by atoms with Crippen LogP contribution in [0.2, 0.25) is 13.1 Å². The minimum Gasteiger partial charge on any atom is -0.396 e. The average molecular weight is 497 g/mol. The Morgan fingerprint density at radius 1 is 0.457 bits per heavy atom. The zero-order valence-corrected chi connectivity index (χ0v) is 22.7. The quantitative estimate of drug-likeness (QED) is 0.328. The van der Waals surface area contributed by atoms with Crippen molar-refractivity contribution in [3.8, 4) is 0 Å². The lowest BCUT2D eigenvalue weighted by Gasteiger charge is -2.36. The van der Waals surface area contributed by atoms with Gasteiger partial charge in [0.1, 0.15) is 16.1 Å². The van der Waals surface area contributed by atoms with Crippen LogP contribution in [0.25, 0.3) is 0 Å². The standard InChI is InChI=1S/C31H36O2Si2/c1-34(26-16-7-3-8-17-26,27-18-9-4-10-19-27)30(32)24-15-25-31(33)35(2,28-20-11-5-12-21-28)29-22-13-6-14-23-29/h3-14,16-23,30-33H,15,24-25H2,1-2H3. The lowest BCUT2D eigenvalue weighted by molar-refractivity contribution is 0.204. The van der Waals surface area contributed by atoms with E-state index in [1.807, 2.05) is 24.3 Å². The van der Waals surface area contributed by atoms with Gasteiger partial charge in [-0.05, 0) is 19.3 Å². The van der Waals surface area contributed by atoms with Gasteiger partial charge >= 0.3 is 0 Å². The Hall–Kier alpha value is -2.77. The summed E-state index contributed by atoms with van der Waals surface area (Å²) in [5.41, 5.74) is -0.859. The normalized spacial score (nSPS) is 13.8. The van der Waals surface area contributed by atoms with Crippen molar-refractivity contribution in [1.29, 1.82) is 0 Å². The first-order valence-electron chi connectivity index (χ1n) is 12.6. The highest BCUT2D eigenvalue weighted by molar-refractivity contribution is 7.02. The fourth-order valence-electron chi connectivity index (χ4n) is 5.32. The summed E-state index contributed by atoms with van der Waals surface area (Å²) in [4.78, 5) is 0. The number of hydrogen-bond donors (Lipinski definition) is 2. The summed E-state index contributed by atoms with van der Waals surface area (Å²) in [6.07, 6.45) is 2.14. The van der Waals surface area contributed by atoms with Crippen molar-refractivity contribution in [2.24, 2.45) is 0 Å². The molecule has 0 radical (unpaired) electrons. The molecule has 0 aliphatic rings. The van der Waals surface area contributed by atoms with Gasteiger partial charge in [-0.2, -0.15) is 0 Å². The first kappa shape index (κ1) is 25.3. The van der Waals surface area contributed by atoms with Crippen molar-refractivity contribution in [2.75, 3.05) is 0 Å². The third kappa shape index (κ3) is 5.26. The van der Waals surface area contributed by atoms with Crippen LogP contribution in [0.1, 0.15) is 19.3 Å². The molecular formula is C31H36O2Si2. The Morgan fingerprint density at radius 2 is 0.686 bits per heavy atom. The van der Waals surface area contributed by atoms with Crippen molar-refractivity contribution in [2.45, 2.75) is 43.8 Å². The maximum atomic E-state index is 11.6. The van der Waals surface area contributed by atoms with E-state index in [2.05, 4.69) is 110 Å². The number of aliphatic hydroxyl groups is 2. The second-order valence-electron chi connectivity index (χ2n) is 9.83. The first-order chi connectivity index (χ1) is 17.0. The maximum absolute atomic E-state index is 11.6. The van der Waals surface area contributed by atoms with Crippen LogP contribution in [0.5, 0.6) is 0 Å². The van der Waals surface area contributed by atoms with Crippen LogP contribution in [-0.4, -0.2) is 37.8 Å². The van der Waals surface area contributed by atoms with E-state index in [1.54, 1.807) is 0 Å². The summed E-state index contributed by atoms with van der Waals surface area (Å²) in [6.45, 7) is 4.54. The fraction of sp³-hybridized carbons (Fsp3) is 0.226. The van der Waals surface area contributed by atoms with E-state index in [0.717, 1.165) is 6.42 Å². The highest BCUT2D eigenvalue weighted by Crippen LogP contribution is 2.20. The van der Waals surface area contributed by atoms with Crippen molar-refractivity contribution in [3.05, 3.63) is 121 Å². The summed E-state index contributed by atoms with van der Waals surface area (Å²) in [7, 11) is -4.73. The highest BCUT2D eigenvalue weighted by atomic mass is 28.3. The smallest absolute Gasteiger partial charge is 0.145 e. The van der Waals surface area contributed by atoms with Crippen LogP contribution in [-0.2, 0) is 0 Å². The van der Waals surface area contributed by atoms with Gasteiger partial charge in [0.25, 0.3) is 0 Å². The Kier molecular flexibility index (Phi) is 8.19. The van der Waals surface area contributed by atoms with Gasteiger partial charge in [0, 0.05) is 0 Å². The van der Waals surface area contributed by atoms with Gasteiger partial charge in [-0.25, -0.2) is 0 Å². The van der Waals surface area contributed by atoms with E-state index in [0.29, 0.717) is 12.8 Å². The van der Waals surface area contributed by atoms with Gasteiger partial charge in [0.05, 0.1) is 11.5 Å². The molecular weight excluding hydrogens is 461 g/mol. The number of benzene rings is 4. The second-order valence-corrected chi connectivity index (χ2v) is 18.3. The van der Waals surface area contributed by atoms with Crippen molar-refractivity contribution >= 4 is 36.9 Å². The molecule has 180 valence electrons. The van der Waals surface area contributed by atoms with Crippen LogP contribution in [0, 0.1) is 0 Å². The molecule has 0 aliphatic heterocycles. The van der Waals surface area contributed by atoms with E-state index in [9.17, 15) is 10.2 Å². The molecule has 0 saturated carbocycles. The van der Waals surface area contributed by atoms with E-state index in [4.69, 9.17) is 0 Å². The fourth-order valence-corrected chi connectivity index (χ4v) is 12.6. The Labute approximate surface area is 212 Å². The number of rotatable bonds is 10. The average Bonchev–Trinajstić information content (AvgIpc) is 2.93. The van der Waals surface area contributed by atoms with Crippen molar-refractivity contribution < 1.29 is 10.2 Å². The molecule has 0 spiro atoms. The summed E-state index contributed by atoms with van der Waals surface area (Å²) in [6, 6.07) is 41.9. The van der Waals surface area contributed by atoms with Crippen LogP contribution in [0.4, 0.5) is 0 Å². The molecule has 4 aromatic rings. The SMILES string of the molecule is C[Si](c1ccccc1)(c1ccccc1)C(O)CCCC(O)[Si](C)(c1ccccc1)c1ccccc1. The van der Waals surface area contributed by atoms with E-state index in [-0.39, 0.29) is 0 Å². The molecule has 4 heteroatoms. The van der Waals surface area contributed by atoms with Crippen LogP contribution >= 0.6 is 0 Å². The summed E-state index contributed by atoms with van der Waals surface area (Å²) in [5.74, 6) is 0. The lowest BCUT2D eigenvalue weighted by Crippen LogP contribution is -2.65. The summed E-state index contributed by atoms with van der Waals surface area (Å²) in [5, 5.41) is 28.2. The molecule has 0 saturated heterocycles. The predicted octanol–water partition coefficient (Wildman–Crippen LogP) is 3.74. The van der Waals surface area contributed by atoms with Gasteiger partial charge in [0.15, 0.2) is 0 Å². The van der Waals surface area contributed by atoms with Crippen LogP contribution < -0.4 is 20.7 Å². The number of aliphatic hydroxyl groups excluding tert-OH is 2. The van der Waals surface area contributed by atoms with E-state index < -0.39 is 27.6 Å². The highest BCUT2D eigenvalue weighted by Gasteiger charge is 2.41. The molecule has 0 fully saturated rings. The molecule has 0 bridgehead atoms. The van der Waals surface area contributed by atoms with Crippen LogP contribution in [0.3, 0.4) is 0 Å². The molecule has 4 aromatic carbocycles. The monoisotopic (exact) mass is 496 g/mol. The zero-order chi connectivity index (χ0) is 24.7. The van der Waals surface area contributed by atoms with Gasteiger partial charge in [-0.3, -0.25) is 0 Å². The van der Waals surface area contributed by atoms with Crippen LogP contribution in [0.15, 0.2) is 121 Å². The van der Waals surface area contributed by atoms with Gasteiger partial charge in [-0.15, -0.1) is 0 Å². The molecule has 0 heterocycles. The van der Waals surface area contributed by atoms with Crippen molar-refractivity contribution in [1.82, 2.24) is 0 Å². The van der Waals surface area contributed by atoms with Gasteiger partial charge in [-0.1, -0.05) is 155 Å². The maximum Gasteiger partial charge on any atom is 0.145 e. The Balaban J connectivity index is 1.54. The van der Waals surface area contributed by atoms with Gasteiger partial charge in [0.2, 0.25) is 0 Å². The molecule has 2 atom stereocenters. The predicted molar refractivity (Wildman–Crippen MR) is 153 cm³/mol. The molecule has 2 N–H and O–H groups in total. The third-order valence-corrected chi connectivity index (χ3v) is 17.2. The first-order valence-corrected chi connectivity index (χ1v) is 17.7. The van der Waals surface area contributed by atoms with E-state index >= 15 is 0 Å². The Bertz CT molecular complexity index is 994. The summed E-state index contributed by atoms with van der Waals surface area (Å²) < 4.78 is 0. The minimum absolute atomic E-state index is 0.430. The zero-order valence-electron chi connectivity index (χ0n) is 20.7. The molecule has 4 rings (SSSR count). The molecule has 0 aliphatic carbocycles. The molecule has 35 heavy (non-hydrogen) atoms. The molecule has 2 nitrogen and oxygen atoms in total. The molecule has 0 amide bonds. The topological polar surface area (TPSA) is 40.5 Å². The lowest BCUT2D eigenvalue weighted by atomic mass is 10.2. The molecule has 2 unspecified atom stereocenters. The minimum atomic E-state index is -2.37. The van der Waals surface area contributed by atoms with E-state index in [1.165, 1.54) is 20.7 Å². The third-order valence-electron chi connectivity index (χ3n) is 7.78. The Morgan fingerprint density at radius 3 is 0.914 bits per heavy atom. The van der Waals surface area contributed by atoms with Gasteiger partial charge < -0.3 is 10.2 Å².